The van der Waals surface area contributed by atoms with Gasteiger partial charge in [0.15, 0.2) is 0 Å². The van der Waals surface area contributed by atoms with Crippen molar-refractivity contribution in [1.82, 2.24) is 14.2 Å². The van der Waals surface area contributed by atoms with E-state index in [1.165, 1.54) is 0 Å². The Labute approximate surface area is 149 Å². The molecular weight excluding hydrogens is 338 g/mol. The molecular formula is C18H23N3O3S. The Morgan fingerprint density at radius 2 is 1.80 bits per heavy atom. The third-order valence-corrected chi connectivity index (χ3v) is 6.51. The van der Waals surface area contributed by atoms with E-state index in [-0.39, 0.29) is 6.04 Å². The van der Waals surface area contributed by atoms with E-state index >= 15 is 0 Å². The maximum Gasteiger partial charge on any atom is 0.243 e. The first-order valence-corrected chi connectivity index (χ1v) is 9.63. The number of hydrogen-bond donors (Lipinski definition) is 0. The van der Waals surface area contributed by atoms with Crippen molar-refractivity contribution in [1.29, 1.82) is 0 Å². The smallest absolute Gasteiger partial charge is 0.243 e. The first-order valence-electron chi connectivity index (χ1n) is 8.19. The molecule has 0 amide bonds. The van der Waals surface area contributed by atoms with Crippen LogP contribution in [0.2, 0.25) is 0 Å². The SMILES string of the molecule is COc1ccc(-c2ccc(S(=O)(=O)N3CC[C@@H](N(C)C)C3)cc2)cn1. The predicted octanol–water partition coefficient (Wildman–Crippen LogP) is 2.08. The number of hydrogen-bond acceptors (Lipinski definition) is 5. The molecule has 3 rings (SSSR count). The standard InChI is InChI=1S/C18H23N3O3S/c1-20(2)16-10-11-21(13-16)25(22,23)17-7-4-14(5-8-17)15-6-9-18(24-3)19-12-15/h4-9,12,16H,10-11,13H2,1-3H3/t16-/m1/s1. The van der Waals surface area contributed by atoms with Gasteiger partial charge in [0.2, 0.25) is 15.9 Å². The second-order valence-electron chi connectivity index (χ2n) is 6.38. The molecule has 1 aromatic heterocycles. The molecule has 0 radical (unpaired) electrons. The van der Waals surface area contributed by atoms with Gasteiger partial charge in [0.1, 0.15) is 0 Å². The summed E-state index contributed by atoms with van der Waals surface area (Å²) in [7, 11) is 2.10. The Morgan fingerprint density at radius 1 is 1.12 bits per heavy atom. The minimum Gasteiger partial charge on any atom is -0.481 e. The second kappa shape index (κ2) is 7.11. The predicted molar refractivity (Wildman–Crippen MR) is 97.1 cm³/mol. The lowest BCUT2D eigenvalue weighted by molar-refractivity contribution is 0.302. The zero-order valence-electron chi connectivity index (χ0n) is 14.7. The molecule has 0 aliphatic carbocycles. The maximum absolute atomic E-state index is 12.8. The zero-order chi connectivity index (χ0) is 18.0. The molecule has 0 saturated carbocycles. The van der Waals surface area contributed by atoms with Crippen molar-refractivity contribution in [3.8, 4) is 17.0 Å². The molecule has 6 nitrogen and oxygen atoms in total. The van der Waals surface area contributed by atoms with Crippen LogP contribution in [-0.4, -0.2) is 62.9 Å². The molecule has 7 heteroatoms. The molecule has 2 heterocycles. The fraction of sp³-hybridized carbons (Fsp3) is 0.389. The molecule has 0 spiro atoms. The monoisotopic (exact) mass is 361 g/mol. The summed E-state index contributed by atoms with van der Waals surface area (Å²) < 4.78 is 32.2. The summed E-state index contributed by atoms with van der Waals surface area (Å²) in [6.45, 7) is 1.11. The van der Waals surface area contributed by atoms with Gasteiger partial charge in [-0.1, -0.05) is 12.1 Å². The van der Waals surface area contributed by atoms with Crippen molar-refractivity contribution in [3.63, 3.8) is 0 Å². The number of pyridine rings is 1. The fourth-order valence-corrected chi connectivity index (χ4v) is 4.48. The number of ether oxygens (including phenoxy) is 1. The van der Waals surface area contributed by atoms with Gasteiger partial charge in [0, 0.05) is 37.0 Å². The summed E-state index contributed by atoms with van der Waals surface area (Å²) >= 11 is 0. The van der Waals surface area contributed by atoms with Gasteiger partial charge >= 0.3 is 0 Å². The van der Waals surface area contributed by atoms with Crippen LogP contribution >= 0.6 is 0 Å². The van der Waals surface area contributed by atoms with Crippen LogP contribution in [0, 0.1) is 0 Å². The Balaban J connectivity index is 1.79. The lowest BCUT2D eigenvalue weighted by Crippen LogP contribution is -2.34. The number of sulfonamides is 1. The molecule has 1 fully saturated rings. The topological polar surface area (TPSA) is 62.7 Å². The van der Waals surface area contributed by atoms with E-state index in [0.29, 0.717) is 23.9 Å². The number of benzene rings is 1. The van der Waals surface area contributed by atoms with Gasteiger partial charge in [-0.3, -0.25) is 0 Å². The first-order chi connectivity index (χ1) is 11.9. The van der Waals surface area contributed by atoms with E-state index in [1.807, 2.05) is 32.3 Å². The summed E-state index contributed by atoms with van der Waals surface area (Å²) in [5.74, 6) is 0.549. The van der Waals surface area contributed by atoms with Crippen LogP contribution in [0.3, 0.4) is 0 Å². The van der Waals surface area contributed by atoms with Crippen molar-refractivity contribution in [2.45, 2.75) is 17.4 Å². The third-order valence-electron chi connectivity index (χ3n) is 4.63. The molecule has 1 aliphatic heterocycles. The van der Waals surface area contributed by atoms with E-state index in [0.717, 1.165) is 17.5 Å². The lowest BCUT2D eigenvalue weighted by Gasteiger charge is -2.20. The van der Waals surface area contributed by atoms with Gasteiger partial charge in [0.25, 0.3) is 0 Å². The summed E-state index contributed by atoms with van der Waals surface area (Å²) in [4.78, 5) is 6.59. The Kier molecular flexibility index (Phi) is 5.08. The molecule has 25 heavy (non-hydrogen) atoms. The third kappa shape index (κ3) is 3.68. The van der Waals surface area contributed by atoms with Gasteiger partial charge in [-0.15, -0.1) is 0 Å². The Bertz CT molecular complexity index is 818. The molecule has 134 valence electrons. The highest BCUT2D eigenvalue weighted by Crippen LogP contribution is 2.26. The average molecular weight is 361 g/mol. The van der Waals surface area contributed by atoms with Crippen molar-refractivity contribution in [2.75, 3.05) is 34.3 Å². The van der Waals surface area contributed by atoms with Crippen molar-refractivity contribution in [2.24, 2.45) is 0 Å². The minimum absolute atomic E-state index is 0.277. The fourth-order valence-electron chi connectivity index (χ4n) is 2.99. The minimum atomic E-state index is -3.44. The number of aromatic nitrogens is 1. The molecule has 1 saturated heterocycles. The van der Waals surface area contributed by atoms with Crippen LogP contribution in [0.15, 0.2) is 47.5 Å². The van der Waals surface area contributed by atoms with Crippen LogP contribution < -0.4 is 4.74 Å². The van der Waals surface area contributed by atoms with E-state index in [2.05, 4.69) is 9.88 Å². The molecule has 0 bridgehead atoms. The Morgan fingerprint density at radius 3 is 2.32 bits per heavy atom. The van der Waals surface area contributed by atoms with E-state index < -0.39 is 10.0 Å². The van der Waals surface area contributed by atoms with E-state index in [1.54, 1.807) is 35.8 Å². The first kappa shape index (κ1) is 17.8. The van der Waals surface area contributed by atoms with Gasteiger partial charge in [-0.25, -0.2) is 13.4 Å². The molecule has 1 atom stereocenters. The number of methoxy groups -OCH3 is 1. The van der Waals surface area contributed by atoms with Gasteiger partial charge in [-0.2, -0.15) is 4.31 Å². The highest BCUT2D eigenvalue weighted by atomic mass is 32.2. The largest absolute Gasteiger partial charge is 0.481 e. The van der Waals surface area contributed by atoms with Crippen LogP contribution in [0.5, 0.6) is 5.88 Å². The van der Waals surface area contributed by atoms with Crippen LogP contribution in [0.4, 0.5) is 0 Å². The van der Waals surface area contributed by atoms with Gasteiger partial charge in [0.05, 0.1) is 12.0 Å². The van der Waals surface area contributed by atoms with Crippen molar-refractivity contribution in [3.05, 3.63) is 42.6 Å². The maximum atomic E-state index is 12.8. The number of nitrogens with zero attached hydrogens (tertiary/aromatic N) is 3. The summed E-state index contributed by atoms with van der Waals surface area (Å²) in [6, 6.07) is 10.9. The van der Waals surface area contributed by atoms with Crippen molar-refractivity contribution >= 4 is 10.0 Å². The molecule has 1 aliphatic rings. The number of likely N-dealkylation sites (N-methyl/N-ethyl adjacent to an activating group) is 1. The highest BCUT2D eigenvalue weighted by molar-refractivity contribution is 7.89. The van der Waals surface area contributed by atoms with E-state index in [4.69, 9.17) is 4.74 Å². The summed E-state index contributed by atoms with van der Waals surface area (Å²) in [5, 5.41) is 0. The van der Waals surface area contributed by atoms with Crippen LogP contribution in [0.1, 0.15) is 6.42 Å². The normalized spacial score (nSPS) is 18.6. The van der Waals surface area contributed by atoms with Crippen LogP contribution in [0.25, 0.3) is 11.1 Å². The average Bonchev–Trinajstić information content (AvgIpc) is 3.13. The zero-order valence-corrected chi connectivity index (χ0v) is 15.5. The van der Waals surface area contributed by atoms with Crippen LogP contribution in [-0.2, 0) is 10.0 Å². The molecule has 0 N–H and O–H groups in total. The summed E-state index contributed by atoms with van der Waals surface area (Å²) in [6.07, 6.45) is 2.58. The highest BCUT2D eigenvalue weighted by Gasteiger charge is 2.33. The molecule has 2 aromatic rings. The quantitative estimate of drug-likeness (QED) is 0.816. The summed E-state index contributed by atoms with van der Waals surface area (Å²) in [5.41, 5.74) is 1.83. The lowest BCUT2D eigenvalue weighted by atomic mass is 10.1. The second-order valence-corrected chi connectivity index (χ2v) is 8.32. The van der Waals surface area contributed by atoms with Gasteiger partial charge in [-0.05, 0) is 44.3 Å². The Hall–Kier alpha value is -1.96. The number of rotatable bonds is 5. The molecule has 1 aromatic carbocycles. The van der Waals surface area contributed by atoms with Gasteiger partial charge < -0.3 is 9.64 Å². The van der Waals surface area contributed by atoms with E-state index in [9.17, 15) is 8.42 Å². The molecule has 0 unspecified atom stereocenters. The van der Waals surface area contributed by atoms with Crippen molar-refractivity contribution < 1.29 is 13.2 Å².